The molecular formula is C14H21FN2. The molecule has 94 valence electrons. The Balaban J connectivity index is 1.80. The van der Waals surface area contributed by atoms with E-state index in [-0.39, 0.29) is 5.82 Å². The second kappa shape index (κ2) is 6.01. The van der Waals surface area contributed by atoms with Gasteiger partial charge in [-0.05, 0) is 62.5 Å². The van der Waals surface area contributed by atoms with E-state index in [1.807, 2.05) is 12.1 Å². The zero-order valence-electron chi connectivity index (χ0n) is 10.5. The van der Waals surface area contributed by atoms with E-state index in [4.69, 9.17) is 0 Å². The molecule has 0 atom stereocenters. The van der Waals surface area contributed by atoms with E-state index in [1.54, 1.807) is 0 Å². The van der Waals surface area contributed by atoms with E-state index >= 15 is 0 Å². The molecule has 1 aliphatic heterocycles. The average molecular weight is 236 g/mol. The van der Waals surface area contributed by atoms with Crippen molar-refractivity contribution in [2.24, 2.45) is 5.92 Å². The third-order valence-electron chi connectivity index (χ3n) is 3.60. The van der Waals surface area contributed by atoms with Gasteiger partial charge in [-0.1, -0.05) is 0 Å². The summed E-state index contributed by atoms with van der Waals surface area (Å²) >= 11 is 0. The van der Waals surface area contributed by atoms with Crippen molar-refractivity contribution in [3.05, 3.63) is 30.1 Å². The summed E-state index contributed by atoms with van der Waals surface area (Å²) in [5, 5.41) is 3.38. The predicted octanol–water partition coefficient (Wildman–Crippen LogP) is 2.65. The number of anilines is 1. The van der Waals surface area contributed by atoms with Crippen molar-refractivity contribution in [1.29, 1.82) is 0 Å². The van der Waals surface area contributed by atoms with Gasteiger partial charge in [-0.25, -0.2) is 4.39 Å². The third-order valence-corrected chi connectivity index (χ3v) is 3.60. The van der Waals surface area contributed by atoms with Crippen molar-refractivity contribution in [3.63, 3.8) is 0 Å². The van der Waals surface area contributed by atoms with Gasteiger partial charge >= 0.3 is 0 Å². The Morgan fingerprint density at radius 3 is 2.53 bits per heavy atom. The lowest BCUT2D eigenvalue weighted by Gasteiger charge is -2.26. The van der Waals surface area contributed by atoms with Crippen molar-refractivity contribution in [3.8, 4) is 0 Å². The van der Waals surface area contributed by atoms with Crippen LogP contribution in [0.3, 0.4) is 0 Å². The summed E-state index contributed by atoms with van der Waals surface area (Å²) in [7, 11) is 2.08. The van der Waals surface area contributed by atoms with Gasteiger partial charge < -0.3 is 10.2 Å². The molecule has 1 aliphatic rings. The molecule has 17 heavy (non-hydrogen) atoms. The van der Waals surface area contributed by atoms with Crippen molar-refractivity contribution in [1.82, 2.24) is 5.32 Å². The molecule has 1 fully saturated rings. The van der Waals surface area contributed by atoms with Gasteiger partial charge in [-0.15, -0.1) is 0 Å². The molecule has 1 aromatic carbocycles. The first-order valence-corrected chi connectivity index (χ1v) is 6.43. The standard InChI is InChI=1S/C14H21FN2/c1-17(14-4-2-13(15)3-5-14)11-8-12-6-9-16-10-7-12/h2-5,12,16H,6-11H2,1H3. The van der Waals surface area contributed by atoms with E-state index < -0.39 is 0 Å². The van der Waals surface area contributed by atoms with Crippen LogP contribution in [-0.4, -0.2) is 26.7 Å². The maximum atomic E-state index is 12.8. The van der Waals surface area contributed by atoms with Crippen molar-refractivity contribution >= 4 is 5.69 Å². The lowest BCUT2D eigenvalue weighted by atomic mass is 9.94. The Morgan fingerprint density at radius 1 is 1.24 bits per heavy atom. The summed E-state index contributed by atoms with van der Waals surface area (Å²) < 4.78 is 12.8. The summed E-state index contributed by atoms with van der Waals surface area (Å²) in [5.41, 5.74) is 1.10. The van der Waals surface area contributed by atoms with E-state index in [2.05, 4.69) is 17.3 Å². The zero-order chi connectivity index (χ0) is 12.1. The van der Waals surface area contributed by atoms with Crippen LogP contribution in [0.5, 0.6) is 0 Å². The Kier molecular flexibility index (Phi) is 4.37. The molecule has 1 aromatic rings. The topological polar surface area (TPSA) is 15.3 Å². The fourth-order valence-corrected chi connectivity index (χ4v) is 2.37. The highest BCUT2D eigenvalue weighted by molar-refractivity contribution is 5.45. The number of nitrogens with zero attached hydrogens (tertiary/aromatic N) is 1. The van der Waals surface area contributed by atoms with Crippen molar-refractivity contribution in [2.75, 3.05) is 31.6 Å². The molecule has 0 aromatic heterocycles. The second-order valence-electron chi connectivity index (χ2n) is 4.88. The third kappa shape index (κ3) is 3.70. The maximum Gasteiger partial charge on any atom is 0.123 e. The molecule has 0 aliphatic carbocycles. The van der Waals surface area contributed by atoms with Gasteiger partial charge in [-0.2, -0.15) is 0 Å². The summed E-state index contributed by atoms with van der Waals surface area (Å²) in [6.07, 6.45) is 3.81. The number of halogens is 1. The lowest BCUT2D eigenvalue weighted by Crippen LogP contribution is -2.30. The van der Waals surface area contributed by atoms with Gasteiger partial charge in [0.05, 0.1) is 0 Å². The smallest absolute Gasteiger partial charge is 0.123 e. The first-order chi connectivity index (χ1) is 8.25. The molecule has 2 rings (SSSR count). The first kappa shape index (κ1) is 12.4. The lowest BCUT2D eigenvalue weighted by molar-refractivity contribution is 0.356. The largest absolute Gasteiger partial charge is 0.375 e. The van der Waals surface area contributed by atoms with E-state index in [9.17, 15) is 4.39 Å². The maximum absolute atomic E-state index is 12.8. The van der Waals surface area contributed by atoms with Crippen LogP contribution in [0.25, 0.3) is 0 Å². The van der Waals surface area contributed by atoms with Gasteiger partial charge in [0.2, 0.25) is 0 Å². The van der Waals surface area contributed by atoms with Gasteiger partial charge in [0.25, 0.3) is 0 Å². The fourth-order valence-electron chi connectivity index (χ4n) is 2.37. The van der Waals surface area contributed by atoms with Gasteiger partial charge in [0, 0.05) is 19.3 Å². The summed E-state index contributed by atoms with van der Waals surface area (Å²) in [4.78, 5) is 2.21. The van der Waals surface area contributed by atoms with Crippen LogP contribution in [0.1, 0.15) is 19.3 Å². The van der Waals surface area contributed by atoms with Crippen LogP contribution in [0.2, 0.25) is 0 Å². The molecule has 1 N–H and O–H groups in total. The van der Waals surface area contributed by atoms with Crippen molar-refractivity contribution < 1.29 is 4.39 Å². The Labute approximate surface area is 103 Å². The van der Waals surface area contributed by atoms with Crippen LogP contribution in [-0.2, 0) is 0 Å². The molecule has 0 saturated carbocycles. The fraction of sp³-hybridized carbons (Fsp3) is 0.571. The molecule has 0 bridgehead atoms. The molecule has 3 heteroatoms. The van der Waals surface area contributed by atoms with Gasteiger partial charge in [0.1, 0.15) is 5.82 Å². The summed E-state index contributed by atoms with van der Waals surface area (Å²) in [6, 6.07) is 6.74. The highest BCUT2D eigenvalue weighted by Crippen LogP contribution is 2.19. The molecule has 0 amide bonds. The van der Waals surface area contributed by atoms with Gasteiger partial charge in [0.15, 0.2) is 0 Å². The Bertz CT molecular complexity index is 331. The molecular weight excluding hydrogens is 215 g/mol. The molecule has 1 saturated heterocycles. The molecule has 1 heterocycles. The molecule has 2 nitrogen and oxygen atoms in total. The van der Waals surface area contributed by atoms with Crippen LogP contribution in [0, 0.1) is 11.7 Å². The minimum atomic E-state index is -0.166. The quantitative estimate of drug-likeness (QED) is 0.864. The molecule has 0 spiro atoms. The molecule has 0 unspecified atom stereocenters. The van der Waals surface area contributed by atoms with E-state index in [0.29, 0.717) is 0 Å². The predicted molar refractivity (Wildman–Crippen MR) is 69.9 cm³/mol. The van der Waals surface area contributed by atoms with Crippen LogP contribution in [0.4, 0.5) is 10.1 Å². The van der Waals surface area contributed by atoms with Crippen molar-refractivity contribution in [2.45, 2.75) is 19.3 Å². The van der Waals surface area contributed by atoms with Crippen LogP contribution < -0.4 is 10.2 Å². The number of nitrogens with one attached hydrogen (secondary N) is 1. The summed E-state index contributed by atoms with van der Waals surface area (Å²) in [6.45, 7) is 3.37. The Hall–Kier alpha value is -1.09. The van der Waals surface area contributed by atoms with Crippen LogP contribution in [0.15, 0.2) is 24.3 Å². The monoisotopic (exact) mass is 236 g/mol. The number of rotatable bonds is 4. The minimum Gasteiger partial charge on any atom is -0.375 e. The molecule has 0 radical (unpaired) electrons. The second-order valence-corrected chi connectivity index (χ2v) is 4.88. The van der Waals surface area contributed by atoms with E-state index in [0.717, 1.165) is 31.2 Å². The number of hydrogen-bond donors (Lipinski definition) is 1. The van der Waals surface area contributed by atoms with Crippen LogP contribution >= 0.6 is 0 Å². The Morgan fingerprint density at radius 2 is 1.88 bits per heavy atom. The van der Waals surface area contributed by atoms with E-state index in [1.165, 1.54) is 31.4 Å². The average Bonchev–Trinajstić information content (AvgIpc) is 2.38. The normalized spacial score (nSPS) is 17.1. The summed E-state index contributed by atoms with van der Waals surface area (Å²) in [5.74, 6) is 0.680. The van der Waals surface area contributed by atoms with Gasteiger partial charge in [-0.3, -0.25) is 0 Å². The number of benzene rings is 1. The highest BCUT2D eigenvalue weighted by Gasteiger charge is 2.13. The first-order valence-electron chi connectivity index (χ1n) is 6.43. The zero-order valence-corrected chi connectivity index (χ0v) is 10.5. The highest BCUT2D eigenvalue weighted by atomic mass is 19.1. The number of hydrogen-bond acceptors (Lipinski definition) is 2. The number of piperidine rings is 1. The minimum absolute atomic E-state index is 0.166. The SMILES string of the molecule is CN(CCC1CCNCC1)c1ccc(F)cc1.